The predicted octanol–water partition coefficient (Wildman–Crippen LogP) is 0.514. The smallest absolute Gasteiger partial charge is 0.260 e. The van der Waals surface area contributed by atoms with E-state index in [1.165, 1.54) is 0 Å². The fourth-order valence-electron chi connectivity index (χ4n) is 2.68. The van der Waals surface area contributed by atoms with E-state index in [9.17, 15) is 4.79 Å². The molecule has 7 nitrogen and oxygen atoms in total. The van der Waals surface area contributed by atoms with Gasteiger partial charge in [0.05, 0.1) is 30.7 Å². The maximum atomic E-state index is 12.0. The highest BCUT2D eigenvalue weighted by Crippen LogP contribution is 2.26. The molecule has 2 atom stereocenters. The van der Waals surface area contributed by atoms with Crippen molar-refractivity contribution in [1.82, 2.24) is 15.0 Å². The number of aromatic amines is 1. The van der Waals surface area contributed by atoms with Crippen LogP contribution in [0.2, 0.25) is 0 Å². The zero-order chi connectivity index (χ0) is 14.3. The van der Waals surface area contributed by atoms with Crippen molar-refractivity contribution >= 4 is 22.7 Å². The van der Waals surface area contributed by atoms with Crippen LogP contribution in [0.1, 0.15) is 13.8 Å². The van der Waals surface area contributed by atoms with E-state index < -0.39 is 0 Å². The summed E-state index contributed by atoms with van der Waals surface area (Å²) in [5, 5.41) is 0.495. The zero-order valence-corrected chi connectivity index (χ0v) is 11.5. The number of hydrogen-bond acceptors (Lipinski definition) is 6. The Morgan fingerprint density at radius 2 is 2.10 bits per heavy atom. The van der Waals surface area contributed by atoms with Gasteiger partial charge in [-0.05, 0) is 19.9 Å². The third-order valence-corrected chi connectivity index (χ3v) is 3.54. The highest BCUT2D eigenvalue weighted by molar-refractivity contribution is 5.88. The largest absolute Gasteiger partial charge is 0.377 e. The summed E-state index contributed by atoms with van der Waals surface area (Å²) in [5.41, 5.74) is 5.95. The number of fused-ring (bicyclic) bond motifs is 1. The molecule has 1 aliphatic rings. The van der Waals surface area contributed by atoms with Gasteiger partial charge in [-0.15, -0.1) is 0 Å². The van der Waals surface area contributed by atoms with Gasteiger partial charge in [-0.2, -0.15) is 0 Å². The van der Waals surface area contributed by atoms with E-state index >= 15 is 0 Å². The summed E-state index contributed by atoms with van der Waals surface area (Å²) in [7, 11) is 0. The number of H-pyrrole nitrogens is 1. The second-order valence-corrected chi connectivity index (χ2v) is 5.12. The van der Waals surface area contributed by atoms with E-state index in [1.807, 2.05) is 0 Å². The van der Waals surface area contributed by atoms with E-state index in [-0.39, 0.29) is 23.6 Å². The Hall–Kier alpha value is -2.15. The van der Waals surface area contributed by atoms with Crippen LogP contribution < -0.4 is 16.2 Å². The molecule has 0 unspecified atom stereocenters. The van der Waals surface area contributed by atoms with Crippen LogP contribution in [0.25, 0.3) is 10.9 Å². The Labute approximate surface area is 115 Å². The third kappa shape index (κ3) is 2.00. The Kier molecular flexibility index (Phi) is 3.06. The van der Waals surface area contributed by atoms with Crippen molar-refractivity contribution in [3.8, 4) is 0 Å². The molecule has 106 valence electrons. The monoisotopic (exact) mass is 275 g/mol. The molecular formula is C13H17N5O2. The summed E-state index contributed by atoms with van der Waals surface area (Å²) in [6, 6.07) is 1.98. The molecule has 0 spiro atoms. The topological polar surface area (TPSA) is 97.1 Å². The van der Waals surface area contributed by atoms with Crippen molar-refractivity contribution in [3.05, 3.63) is 22.6 Å². The lowest BCUT2D eigenvalue weighted by molar-refractivity contribution is 0.0753. The SMILES string of the molecule is C[C@H]1COC[C@H](C)N1c1nccc2c(=O)[nH]c(N)nc12. The number of nitrogens with zero attached hydrogens (tertiary/aromatic N) is 3. The van der Waals surface area contributed by atoms with Crippen molar-refractivity contribution in [1.29, 1.82) is 0 Å². The van der Waals surface area contributed by atoms with Crippen molar-refractivity contribution in [2.24, 2.45) is 0 Å². The molecule has 1 saturated heterocycles. The Morgan fingerprint density at radius 1 is 1.40 bits per heavy atom. The lowest BCUT2D eigenvalue weighted by Crippen LogP contribution is -2.50. The first-order valence-electron chi connectivity index (χ1n) is 6.58. The second kappa shape index (κ2) is 4.75. The molecule has 1 fully saturated rings. The quantitative estimate of drug-likeness (QED) is 0.787. The van der Waals surface area contributed by atoms with Crippen LogP contribution in [0.15, 0.2) is 17.1 Å². The van der Waals surface area contributed by atoms with Gasteiger partial charge in [0, 0.05) is 6.20 Å². The van der Waals surface area contributed by atoms with Crippen LogP contribution >= 0.6 is 0 Å². The van der Waals surface area contributed by atoms with E-state index in [0.717, 1.165) is 0 Å². The summed E-state index contributed by atoms with van der Waals surface area (Å²) >= 11 is 0. The van der Waals surface area contributed by atoms with Gasteiger partial charge in [0.15, 0.2) is 5.82 Å². The number of morpholine rings is 1. The minimum atomic E-state index is -0.246. The van der Waals surface area contributed by atoms with Crippen LogP contribution in [0.3, 0.4) is 0 Å². The number of nitrogen functional groups attached to an aromatic ring is 1. The molecule has 20 heavy (non-hydrogen) atoms. The number of rotatable bonds is 1. The third-order valence-electron chi connectivity index (χ3n) is 3.54. The number of aromatic nitrogens is 3. The summed E-state index contributed by atoms with van der Waals surface area (Å²) < 4.78 is 5.52. The Morgan fingerprint density at radius 3 is 2.80 bits per heavy atom. The van der Waals surface area contributed by atoms with Crippen molar-refractivity contribution in [2.45, 2.75) is 25.9 Å². The second-order valence-electron chi connectivity index (χ2n) is 5.12. The average Bonchev–Trinajstić information content (AvgIpc) is 2.39. The van der Waals surface area contributed by atoms with Crippen LogP contribution in [0, 0.1) is 0 Å². The average molecular weight is 275 g/mol. The highest BCUT2D eigenvalue weighted by atomic mass is 16.5. The first-order chi connectivity index (χ1) is 9.58. The molecule has 7 heteroatoms. The molecule has 0 aliphatic carbocycles. The molecule has 3 N–H and O–H groups in total. The molecule has 0 amide bonds. The van der Waals surface area contributed by atoms with Gasteiger partial charge in [-0.3, -0.25) is 9.78 Å². The fourth-order valence-corrected chi connectivity index (χ4v) is 2.68. The van der Waals surface area contributed by atoms with Gasteiger partial charge in [0.25, 0.3) is 5.56 Å². The first-order valence-corrected chi connectivity index (χ1v) is 6.58. The zero-order valence-electron chi connectivity index (χ0n) is 11.5. The maximum Gasteiger partial charge on any atom is 0.260 e. The molecule has 1 aliphatic heterocycles. The van der Waals surface area contributed by atoms with E-state index in [0.29, 0.717) is 29.9 Å². The number of ether oxygens (including phenoxy) is 1. The standard InChI is InChI=1S/C13H17N5O2/c1-7-5-20-6-8(2)18(7)11-10-9(3-4-15-11)12(19)17-13(14)16-10/h3-4,7-8H,5-6H2,1-2H3,(H3,14,16,17,19)/t7-,8-/m0/s1. The Bertz CT molecular complexity index is 689. The molecule has 3 rings (SSSR count). The number of nitrogens with one attached hydrogen (secondary N) is 1. The number of nitrogens with two attached hydrogens (primary N) is 1. The number of pyridine rings is 1. The van der Waals surface area contributed by atoms with E-state index in [4.69, 9.17) is 10.5 Å². The first kappa shape index (κ1) is 12.9. The minimum absolute atomic E-state index is 0.102. The number of anilines is 2. The van der Waals surface area contributed by atoms with Crippen molar-refractivity contribution < 1.29 is 4.74 Å². The lowest BCUT2D eigenvalue weighted by atomic mass is 10.1. The summed E-state index contributed by atoms with van der Waals surface area (Å²) in [5.74, 6) is 0.786. The van der Waals surface area contributed by atoms with Crippen LogP contribution in [-0.2, 0) is 4.74 Å². The maximum absolute atomic E-state index is 12.0. The van der Waals surface area contributed by atoms with Gasteiger partial charge < -0.3 is 15.4 Å². The van der Waals surface area contributed by atoms with Gasteiger partial charge in [0.1, 0.15) is 5.52 Å². The molecule has 3 heterocycles. The predicted molar refractivity (Wildman–Crippen MR) is 76.8 cm³/mol. The molecular weight excluding hydrogens is 258 g/mol. The minimum Gasteiger partial charge on any atom is -0.377 e. The van der Waals surface area contributed by atoms with Gasteiger partial charge in [0.2, 0.25) is 5.95 Å². The lowest BCUT2D eigenvalue weighted by Gasteiger charge is -2.39. The molecule has 0 aromatic carbocycles. The van der Waals surface area contributed by atoms with Gasteiger partial charge in [-0.25, -0.2) is 9.97 Å². The Balaban J connectivity index is 2.23. The normalized spacial score (nSPS) is 23.2. The molecule has 0 radical (unpaired) electrons. The molecule has 0 saturated carbocycles. The summed E-state index contributed by atoms with van der Waals surface area (Å²) in [4.78, 5) is 25.3. The van der Waals surface area contributed by atoms with Crippen molar-refractivity contribution in [3.63, 3.8) is 0 Å². The van der Waals surface area contributed by atoms with Crippen LogP contribution in [0.5, 0.6) is 0 Å². The molecule has 2 aromatic rings. The van der Waals surface area contributed by atoms with Crippen LogP contribution in [0.4, 0.5) is 11.8 Å². The molecule has 2 aromatic heterocycles. The molecule has 0 bridgehead atoms. The van der Waals surface area contributed by atoms with Gasteiger partial charge in [-0.1, -0.05) is 0 Å². The summed E-state index contributed by atoms with van der Waals surface area (Å²) in [6.07, 6.45) is 1.62. The van der Waals surface area contributed by atoms with Crippen molar-refractivity contribution in [2.75, 3.05) is 23.8 Å². The van der Waals surface area contributed by atoms with Gasteiger partial charge >= 0.3 is 0 Å². The summed E-state index contributed by atoms with van der Waals surface area (Å²) in [6.45, 7) is 5.38. The van der Waals surface area contributed by atoms with E-state index in [1.54, 1.807) is 12.3 Å². The van der Waals surface area contributed by atoms with E-state index in [2.05, 4.69) is 33.7 Å². The van der Waals surface area contributed by atoms with Crippen LogP contribution in [-0.4, -0.2) is 40.2 Å². The fraction of sp³-hybridized carbons (Fsp3) is 0.462. The highest BCUT2D eigenvalue weighted by Gasteiger charge is 2.28. The number of hydrogen-bond donors (Lipinski definition) is 2.